The topological polar surface area (TPSA) is 84.5 Å². The third-order valence-corrected chi connectivity index (χ3v) is 3.81. The highest BCUT2D eigenvalue weighted by molar-refractivity contribution is 6.30. The number of carbonyl (C=O) groups is 3. The molecule has 0 bridgehead atoms. The van der Waals surface area contributed by atoms with Crippen molar-refractivity contribution in [2.24, 2.45) is 0 Å². The molecule has 2 N–H and O–H groups in total. The minimum absolute atomic E-state index is 0.222. The molecule has 0 heterocycles. The maximum absolute atomic E-state index is 12.1. The van der Waals surface area contributed by atoms with Gasteiger partial charge in [-0.05, 0) is 48.4 Å². The van der Waals surface area contributed by atoms with Crippen molar-refractivity contribution >= 4 is 35.5 Å². The number of benzene rings is 2. The molecule has 0 atom stereocenters. The van der Waals surface area contributed by atoms with Crippen LogP contribution in [0, 0.1) is 0 Å². The first-order chi connectivity index (χ1) is 13.4. The van der Waals surface area contributed by atoms with Gasteiger partial charge in [0.1, 0.15) is 5.75 Å². The van der Waals surface area contributed by atoms with Gasteiger partial charge in [0.2, 0.25) is 5.91 Å². The first-order valence-electron chi connectivity index (χ1n) is 8.72. The number of hydrogen-bond acceptors (Lipinski definition) is 4. The molecule has 2 aromatic rings. The number of rotatable bonds is 8. The Balaban J connectivity index is 1.69. The van der Waals surface area contributed by atoms with Crippen molar-refractivity contribution < 1.29 is 19.1 Å². The van der Waals surface area contributed by atoms with Crippen LogP contribution in [0.1, 0.15) is 29.3 Å². The van der Waals surface area contributed by atoms with Crippen LogP contribution in [0.2, 0.25) is 5.02 Å². The molecular weight excluding hydrogens is 380 g/mol. The van der Waals surface area contributed by atoms with Gasteiger partial charge in [0.15, 0.2) is 0 Å². The molecule has 0 aliphatic carbocycles. The van der Waals surface area contributed by atoms with Gasteiger partial charge < -0.3 is 15.4 Å². The number of carbonyl (C=O) groups excluding carboxylic acids is 3. The zero-order chi connectivity index (χ0) is 20.4. The Morgan fingerprint density at radius 3 is 2.54 bits per heavy atom. The summed E-state index contributed by atoms with van der Waals surface area (Å²) in [7, 11) is 0. The van der Waals surface area contributed by atoms with E-state index >= 15 is 0 Å². The van der Waals surface area contributed by atoms with Gasteiger partial charge in [0.05, 0.1) is 0 Å². The maximum Gasteiger partial charge on any atom is 0.308 e. The van der Waals surface area contributed by atoms with Gasteiger partial charge in [-0.15, -0.1) is 0 Å². The first kappa shape index (κ1) is 21.2. The molecule has 2 rings (SSSR count). The van der Waals surface area contributed by atoms with E-state index in [1.807, 2.05) is 12.1 Å². The fourth-order valence-corrected chi connectivity index (χ4v) is 2.51. The first-order valence-corrected chi connectivity index (χ1v) is 9.10. The lowest BCUT2D eigenvalue weighted by atomic mass is 10.2. The van der Waals surface area contributed by atoms with Crippen LogP contribution in [0.4, 0.5) is 0 Å². The molecule has 146 valence electrons. The molecule has 2 aromatic carbocycles. The molecule has 0 radical (unpaired) electrons. The Morgan fingerprint density at radius 1 is 1.04 bits per heavy atom. The number of halogens is 1. The van der Waals surface area contributed by atoms with Crippen molar-refractivity contribution in [1.82, 2.24) is 10.6 Å². The number of hydrogen-bond donors (Lipinski definition) is 2. The largest absolute Gasteiger partial charge is 0.427 e. The van der Waals surface area contributed by atoms with Crippen LogP contribution < -0.4 is 15.4 Å². The van der Waals surface area contributed by atoms with Crippen LogP contribution in [-0.2, 0) is 9.59 Å². The lowest BCUT2D eigenvalue weighted by Crippen LogP contribution is -2.29. The van der Waals surface area contributed by atoms with Crippen LogP contribution >= 0.6 is 11.6 Å². The summed E-state index contributed by atoms with van der Waals surface area (Å²) >= 11 is 5.89. The van der Waals surface area contributed by atoms with Crippen molar-refractivity contribution in [3.05, 3.63) is 70.8 Å². The molecule has 0 saturated heterocycles. The van der Waals surface area contributed by atoms with Crippen LogP contribution in [-0.4, -0.2) is 30.9 Å². The molecule has 28 heavy (non-hydrogen) atoms. The SMILES string of the molecule is CC(=O)Oc1cccc(C(=O)NCCCNC(=O)/C=C/c2cccc(Cl)c2)c1. The van der Waals surface area contributed by atoms with Gasteiger partial charge in [0.25, 0.3) is 5.91 Å². The highest BCUT2D eigenvalue weighted by Gasteiger charge is 2.07. The van der Waals surface area contributed by atoms with Crippen LogP contribution in [0.5, 0.6) is 5.75 Å². The predicted octanol–water partition coefficient (Wildman–Crippen LogP) is 3.21. The number of ether oxygens (including phenoxy) is 1. The summed E-state index contributed by atoms with van der Waals surface area (Å²) in [5, 5.41) is 6.11. The quantitative estimate of drug-likeness (QED) is 0.308. The fourth-order valence-electron chi connectivity index (χ4n) is 2.31. The Labute approximate surface area is 168 Å². The second-order valence-corrected chi connectivity index (χ2v) is 6.35. The van der Waals surface area contributed by atoms with Gasteiger partial charge in [-0.3, -0.25) is 14.4 Å². The van der Waals surface area contributed by atoms with E-state index in [2.05, 4.69) is 10.6 Å². The Kier molecular flexibility index (Phi) is 8.24. The molecule has 0 fully saturated rings. The van der Waals surface area contributed by atoms with Crippen LogP contribution in [0.25, 0.3) is 6.08 Å². The maximum atomic E-state index is 12.1. The lowest BCUT2D eigenvalue weighted by Gasteiger charge is -2.07. The molecule has 7 heteroatoms. The number of amides is 2. The highest BCUT2D eigenvalue weighted by atomic mass is 35.5. The van der Waals surface area contributed by atoms with E-state index in [0.29, 0.717) is 35.8 Å². The number of esters is 1. The van der Waals surface area contributed by atoms with E-state index in [4.69, 9.17) is 16.3 Å². The summed E-state index contributed by atoms with van der Waals surface area (Å²) < 4.78 is 4.96. The molecule has 6 nitrogen and oxygen atoms in total. The third-order valence-electron chi connectivity index (χ3n) is 3.57. The van der Waals surface area contributed by atoms with Gasteiger partial charge >= 0.3 is 5.97 Å². The van der Waals surface area contributed by atoms with E-state index in [0.717, 1.165) is 5.56 Å². The highest BCUT2D eigenvalue weighted by Crippen LogP contribution is 2.13. The van der Waals surface area contributed by atoms with Gasteiger partial charge in [-0.25, -0.2) is 0 Å². The lowest BCUT2D eigenvalue weighted by molar-refractivity contribution is -0.131. The third kappa shape index (κ3) is 7.63. The second kappa shape index (κ2) is 10.9. The molecule has 0 spiro atoms. The average Bonchev–Trinajstić information content (AvgIpc) is 2.65. The molecule has 0 unspecified atom stereocenters. The Morgan fingerprint density at radius 2 is 1.79 bits per heavy atom. The zero-order valence-corrected chi connectivity index (χ0v) is 16.2. The van der Waals surface area contributed by atoms with E-state index < -0.39 is 5.97 Å². The second-order valence-electron chi connectivity index (χ2n) is 5.91. The number of nitrogens with one attached hydrogen (secondary N) is 2. The molecule has 2 amide bonds. The Hall–Kier alpha value is -3.12. The minimum atomic E-state index is -0.447. The minimum Gasteiger partial charge on any atom is -0.427 e. The van der Waals surface area contributed by atoms with Crippen LogP contribution in [0.15, 0.2) is 54.6 Å². The van der Waals surface area contributed by atoms with Gasteiger partial charge in [0, 0.05) is 36.7 Å². The van der Waals surface area contributed by atoms with Crippen molar-refractivity contribution in [2.45, 2.75) is 13.3 Å². The Bertz CT molecular complexity index is 880. The summed E-state index contributed by atoms with van der Waals surface area (Å²) in [6.45, 7) is 2.12. The smallest absolute Gasteiger partial charge is 0.308 e. The van der Waals surface area contributed by atoms with Crippen molar-refractivity contribution in [3.63, 3.8) is 0 Å². The van der Waals surface area contributed by atoms with Crippen molar-refractivity contribution in [3.8, 4) is 5.75 Å². The van der Waals surface area contributed by atoms with Crippen molar-refractivity contribution in [1.29, 1.82) is 0 Å². The fraction of sp³-hybridized carbons (Fsp3) is 0.190. The standard InChI is InChI=1S/C21H21ClN2O4/c1-15(25)28-19-8-3-6-17(14-19)21(27)24-12-4-11-23-20(26)10-9-16-5-2-7-18(22)13-16/h2-3,5-10,13-14H,4,11-12H2,1H3,(H,23,26)(H,24,27)/b10-9+. The van der Waals surface area contributed by atoms with Gasteiger partial charge in [-0.1, -0.05) is 29.8 Å². The zero-order valence-electron chi connectivity index (χ0n) is 15.4. The summed E-state index contributed by atoms with van der Waals surface area (Å²) in [5.74, 6) is -0.627. The van der Waals surface area contributed by atoms with Gasteiger partial charge in [-0.2, -0.15) is 0 Å². The summed E-state index contributed by atoms with van der Waals surface area (Å²) in [6.07, 6.45) is 3.69. The normalized spacial score (nSPS) is 10.5. The van der Waals surface area contributed by atoms with E-state index in [1.54, 1.807) is 36.4 Å². The molecule has 0 aromatic heterocycles. The predicted molar refractivity (Wildman–Crippen MR) is 108 cm³/mol. The molecule has 0 saturated carbocycles. The van der Waals surface area contributed by atoms with E-state index in [-0.39, 0.29) is 11.8 Å². The van der Waals surface area contributed by atoms with Crippen LogP contribution in [0.3, 0.4) is 0 Å². The average molecular weight is 401 g/mol. The summed E-state index contributed by atoms with van der Waals surface area (Å²) in [5.41, 5.74) is 1.23. The molecular formula is C21H21ClN2O4. The summed E-state index contributed by atoms with van der Waals surface area (Å²) in [6, 6.07) is 13.6. The monoisotopic (exact) mass is 400 g/mol. The molecule has 0 aliphatic heterocycles. The molecule has 0 aliphatic rings. The van der Waals surface area contributed by atoms with E-state index in [9.17, 15) is 14.4 Å². The van der Waals surface area contributed by atoms with E-state index in [1.165, 1.54) is 19.1 Å². The summed E-state index contributed by atoms with van der Waals surface area (Å²) in [4.78, 5) is 34.9. The van der Waals surface area contributed by atoms with Crippen molar-refractivity contribution in [2.75, 3.05) is 13.1 Å².